The maximum Gasteiger partial charge on any atom is 0.248 e. The third-order valence-electron chi connectivity index (χ3n) is 6.32. The number of carbonyl (C=O) groups is 1. The molecule has 10 nitrogen and oxygen atoms in total. The number of hydrogen-bond donors (Lipinski definition) is 4. The lowest BCUT2D eigenvalue weighted by Crippen LogP contribution is -2.44. The number of piperazine rings is 1. The number of amides is 1. The van der Waals surface area contributed by atoms with Gasteiger partial charge in [-0.1, -0.05) is 12.1 Å². The molecular weight excluding hydrogens is 497 g/mol. The van der Waals surface area contributed by atoms with Crippen molar-refractivity contribution in [1.82, 2.24) is 19.8 Å². The zero-order valence-electron chi connectivity index (χ0n) is 22.4. The van der Waals surface area contributed by atoms with Crippen LogP contribution in [0.3, 0.4) is 0 Å². The number of rotatable bonds is 9. The minimum Gasteiger partial charge on any atom is -0.383 e. The van der Waals surface area contributed by atoms with E-state index in [1.807, 2.05) is 37.2 Å². The second-order valence-electron chi connectivity index (χ2n) is 9.65. The molecule has 2 heterocycles. The minimum absolute atomic E-state index is 0. The lowest BCUT2D eigenvalue weighted by atomic mass is 10.1. The number of nitrogens with two attached hydrogens (primary N) is 1. The maximum atomic E-state index is 15.0. The van der Waals surface area contributed by atoms with E-state index >= 15 is 4.39 Å². The van der Waals surface area contributed by atoms with Crippen LogP contribution in [0.25, 0.3) is 11.3 Å². The third-order valence-corrected chi connectivity index (χ3v) is 6.32. The van der Waals surface area contributed by atoms with E-state index in [0.29, 0.717) is 12.2 Å². The van der Waals surface area contributed by atoms with E-state index in [-0.39, 0.29) is 38.8 Å². The van der Waals surface area contributed by atoms with Crippen molar-refractivity contribution in [2.24, 2.45) is 0 Å². The predicted octanol–water partition coefficient (Wildman–Crippen LogP) is 4.15. The number of hydrogen-bond acceptors (Lipinski definition) is 9. The Labute approximate surface area is 232 Å². The molecule has 5 N–H and O–H groups in total. The lowest BCUT2D eigenvalue weighted by Gasteiger charge is -2.34. The van der Waals surface area contributed by atoms with Crippen molar-refractivity contribution in [2.75, 3.05) is 75.1 Å². The van der Waals surface area contributed by atoms with Gasteiger partial charge in [-0.2, -0.15) is 4.98 Å². The molecule has 4 rings (SSSR count). The van der Waals surface area contributed by atoms with Crippen LogP contribution in [0.1, 0.15) is 9.84 Å². The first-order chi connectivity index (χ1) is 18.7. The molecule has 1 aromatic heterocycles. The van der Waals surface area contributed by atoms with Crippen molar-refractivity contribution >= 4 is 41.0 Å². The Morgan fingerprint density at radius 1 is 1.15 bits per heavy atom. The van der Waals surface area contributed by atoms with Gasteiger partial charge in [-0.15, -0.1) is 0 Å². The minimum atomic E-state index is -0.569. The number of likely N-dealkylation sites (N-methyl/N-ethyl adjacent to an activating group) is 2. The lowest BCUT2D eigenvalue weighted by molar-refractivity contribution is -0.111. The molecule has 0 radical (unpaired) electrons. The molecular formula is C28H40FN9O. The second-order valence-corrected chi connectivity index (χ2v) is 9.65. The second kappa shape index (κ2) is 12.5. The summed E-state index contributed by atoms with van der Waals surface area (Å²) in [6.45, 7) is 4.45. The maximum absolute atomic E-state index is 15.0. The number of nitrogens with one attached hydrogen (secondary N) is 3. The normalized spacial score (nSPS) is 14.1. The van der Waals surface area contributed by atoms with Gasteiger partial charge in [0.05, 0.1) is 11.3 Å². The van der Waals surface area contributed by atoms with Crippen molar-refractivity contribution in [3.05, 3.63) is 66.0 Å². The van der Waals surface area contributed by atoms with Crippen LogP contribution in [0.5, 0.6) is 0 Å². The number of anilines is 5. The molecule has 0 aliphatic carbocycles. The monoisotopic (exact) mass is 537 g/mol. The summed E-state index contributed by atoms with van der Waals surface area (Å²) in [6, 6.07) is 12.1. The van der Waals surface area contributed by atoms with Crippen LogP contribution in [-0.2, 0) is 4.79 Å². The summed E-state index contributed by atoms with van der Waals surface area (Å²) in [6.07, 6.45) is 4.15. The molecule has 0 atom stereocenters. The Kier molecular flexibility index (Phi) is 8.84. The molecule has 1 aliphatic rings. The first-order valence-corrected chi connectivity index (χ1v) is 12.6. The Bertz CT molecular complexity index is 1380. The van der Waals surface area contributed by atoms with Crippen molar-refractivity contribution in [1.29, 1.82) is 5.41 Å². The summed E-state index contributed by atoms with van der Waals surface area (Å²) in [5, 5.41) is 13.8. The largest absolute Gasteiger partial charge is 0.383 e. The summed E-state index contributed by atoms with van der Waals surface area (Å²) < 4.78 is 15.0. The van der Waals surface area contributed by atoms with E-state index in [4.69, 9.17) is 11.1 Å². The van der Waals surface area contributed by atoms with Crippen LogP contribution in [0.15, 0.2) is 54.6 Å². The van der Waals surface area contributed by atoms with E-state index < -0.39 is 5.82 Å². The average Bonchev–Trinajstić information content (AvgIpc) is 2.90. The first-order valence-electron chi connectivity index (χ1n) is 12.6. The van der Waals surface area contributed by atoms with E-state index in [1.54, 1.807) is 6.08 Å². The quantitative estimate of drug-likeness (QED) is 0.237. The number of nitrogen functional groups attached to an aromatic ring is 1. The van der Waals surface area contributed by atoms with Crippen molar-refractivity contribution in [3.8, 4) is 11.3 Å². The Hall–Kier alpha value is -4.35. The van der Waals surface area contributed by atoms with Crippen molar-refractivity contribution < 1.29 is 13.5 Å². The Morgan fingerprint density at radius 3 is 2.64 bits per heavy atom. The highest BCUT2D eigenvalue weighted by atomic mass is 19.1. The molecule has 210 valence electrons. The van der Waals surface area contributed by atoms with Gasteiger partial charge >= 0.3 is 0 Å². The molecule has 39 heavy (non-hydrogen) atoms. The molecule has 3 aromatic rings. The summed E-state index contributed by atoms with van der Waals surface area (Å²) in [5.41, 5.74) is 8.80. The van der Waals surface area contributed by atoms with Gasteiger partial charge in [-0.05, 0) is 57.5 Å². The summed E-state index contributed by atoms with van der Waals surface area (Å²) >= 11 is 0. The highest BCUT2D eigenvalue weighted by molar-refractivity contribution is 6.00. The zero-order valence-corrected chi connectivity index (χ0v) is 22.4. The molecule has 1 aliphatic heterocycles. The average molecular weight is 538 g/mol. The van der Waals surface area contributed by atoms with Crippen molar-refractivity contribution in [3.63, 3.8) is 0 Å². The molecule has 0 spiro atoms. The van der Waals surface area contributed by atoms with Gasteiger partial charge in [0.25, 0.3) is 0 Å². The van der Waals surface area contributed by atoms with E-state index in [2.05, 4.69) is 43.5 Å². The molecule has 1 amide bonds. The first kappa shape index (κ1) is 27.7. The Balaban J connectivity index is 0.00000294. The predicted molar refractivity (Wildman–Crippen MR) is 162 cm³/mol. The number of halogens is 1. The van der Waals surface area contributed by atoms with E-state index in [0.717, 1.165) is 43.8 Å². The van der Waals surface area contributed by atoms with Gasteiger partial charge in [-0.25, -0.2) is 9.37 Å². The number of benzene rings is 2. The van der Waals surface area contributed by atoms with Gasteiger partial charge in [0, 0.05) is 71.9 Å². The number of aromatic nitrogens is 2. The highest BCUT2D eigenvalue weighted by Crippen LogP contribution is 2.31. The van der Waals surface area contributed by atoms with Gasteiger partial charge in [0.2, 0.25) is 11.9 Å². The number of nitrogens with zero attached hydrogens (tertiary/aromatic N) is 5. The van der Waals surface area contributed by atoms with Gasteiger partial charge < -0.3 is 36.5 Å². The standard InChI is InChI=1S/C28H34FN9O.3H2/c1-36(2)11-5-8-25(39)32-20-9-10-24(29)22(17-20)26-23(18-30)27(31)35-28(34-26)33-19-6-4-7-21(16-19)38-14-12-37(3)13-15-38;;;/h4-10,16-18,30H,11-15H2,1-3H3,(H,32,39)(H3,31,33,34,35);3*1H/b8-5+,30-18?;;;. The molecule has 1 fully saturated rings. The fraction of sp³-hybridized carbons (Fsp3) is 0.286. The molecule has 11 heteroatoms. The van der Waals surface area contributed by atoms with Crippen LogP contribution in [0.2, 0.25) is 0 Å². The highest BCUT2D eigenvalue weighted by Gasteiger charge is 2.18. The van der Waals surface area contributed by atoms with Crippen molar-refractivity contribution in [2.45, 2.75) is 0 Å². The summed E-state index contributed by atoms with van der Waals surface area (Å²) in [5.74, 6) is -0.705. The molecule has 0 bridgehead atoms. The van der Waals surface area contributed by atoms with E-state index in [9.17, 15) is 4.79 Å². The van der Waals surface area contributed by atoms with Crippen LogP contribution in [0.4, 0.5) is 33.2 Å². The van der Waals surface area contributed by atoms with E-state index in [1.165, 1.54) is 24.3 Å². The zero-order chi connectivity index (χ0) is 27.9. The fourth-order valence-electron chi connectivity index (χ4n) is 4.20. The van der Waals surface area contributed by atoms with Crippen LogP contribution < -0.4 is 21.3 Å². The molecule has 0 saturated carbocycles. The van der Waals surface area contributed by atoms with Gasteiger partial charge in [0.15, 0.2) is 0 Å². The summed E-state index contributed by atoms with van der Waals surface area (Å²) in [4.78, 5) is 27.7. The van der Waals surface area contributed by atoms with Crippen LogP contribution >= 0.6 is 0 Å². The SMILES string of the molecule is CN(C)C/C=C/C(=O)Nc1ccc(F)c(-c2nc(Nc3cccc(N4CCN(C)CC4)c3)nc(N)c2C=N)c1.[HH].[HH].[HH]. The molecule has 0 unspecified atom stereocenters. The van der Waals surface area contributed by atoms with Crippen LogP contribution in [0, 0.1) is 11.2 Å². The topological polar surface area (TPSA) is 126 Å². The third kappa shape index (κ3) is 7.15. The smallest absolute Gasteiger partial charge is 0.248 e. The Morgan fingerprint density at radius 2 is 1.92 bits per heavy atom. The van der Waals surface area contributed by atoms with Gasteiger partial charge in [-0.3, -0.25) is 4.79 Å². The summed E-state index contributed by atoms with van der Waals surface area (Å²) in [7, 11) is 5.91. The number of carbonyl (C=O) groups excluding carboxylic acids is 1. The fourth-order valence-corrected chi connectivity index (χ4v) is 4.20. The van der Waals surface area contributed by atoms with Crippen LogP contribution in [-0.4, -0.2) is 85.8 Å². The molecule has 1 saturated heterocycles. The van der Waals surface area contributed by atoms with Gasteiger partial charge in [0.1, 0.15) is 11.6 Å². The molecule has 2 aromatic carbocycles.